The monoisotopic (exact) mass is 226 g/mol. The van der Waals surface area contributed by atoms with E-state index in [2.05, 4.69) is 20.6 Å². The van der Waals surface area contributed by atoms with E-state index in [1.54, 1.807) is 6.07 Å². The van der Waals surface area contributed by atoms with E-state index in [1.165, 1.54) is 6.42 Å². The van der Waals surface area contributed by atoms with Crippen LogP contribution in [-0.4, -0.2) is 29.1 Å². The van der Waals surface area contributed by atoms with Crippen LogP contribution in [0, 0.1) is 6.92 Å². The van der Waals surface area contributed by atoms with Gasteiger partial charge in [-0.05, 0) is 32.4 Å². The molecule has 2 heterocycles. The number of halogens is 1. The molecular formula is C10H15ClN4. The quantitative estimate of drug-likeness (QED) is 0.753. The Hall–Kier alpha value is -0.870. The molecule has 2 N–H and O–H groups in total. The fraction of sp³-hybridized carbons (Fsp3) is 0.600. The van der Waals surface area contributed by atoms with Gasteiger partial charge in [0, 0.05) is 18.3 Å². The van der Waals surface area contributed by atoms with Crippen molar-refractivity contribution in [1.82, 2.24) is 15.3 Å². The molecule has 0 aliphatic carbocycles. The van der Waals surface area contributed by atoms with Gasteiger partial charge in [0.15, 0.2) is 0 Å². The summed E-state index contributed by atoms with van der Waals surface area (Å²) in [7, 11) is 0. The SMILES string of the molecule is Cc1cc(Cl)nc(N[C@H]2CCCNC2)n1. The largest absolute Gasteiger partial charge is 0.350 e. The zero-order chi connectivity index (χ0) is 10.7. The maximum atomic E-state index is 5.86. The predicted molar refractivity (Wildman–Crippen MR) is 61.3 cm³/mol. The highest BCUT2D eigenvalue weighted by molar-refractivity contribution is 6.29. The van der Waals surface area contributed by atoms with Crippen molar-refractivity contribution in [1.29, 1.82) is 0 Å². The number of anilines is 1. The molecule has 2 rings (SSSR count). The Bertz CT molecular complexity index is 316. The van der Waals surface area contributed by atoms with E-state index in [0.29, 0.717) is 17.1 Å². The number of aromatic nitrogens is 2. The first-order valence-corrected chi connectivity index (χ1v) is 5.60. The van der Waals surface area contributed by atoms with Gasteiger partial charge in [-0.3, -0.25) is 0 Å². The topological polar surface area (TPSA) is 49.8 Å². The molecule has 0 unspecified atom stereocenters. The van der Waals surface area contributed by atoms with E-state index in [1.807, 2.05) is 6.92 Å². The first kappa shape index (κ1) is 10.6. The van der Waals surface area contributed by atoms with Gasteiger partial charge >= 0.3 is 0 Å². The van der Waals surface area contributed by atoms with Crippen molar-refractivity contribution in [3.63, 3.8) is 0 Å². The first-order chi connectivity index (χ1) is 7.24. The van der Waals surface area contributed by atoms with Crippen LogP contribution in [0.5, 0.6) is 0 Å². The molecule has 1 aliphatic rings. The van der Waals surface area contributed by atoms with Crippen LogP contribution in [0.15, 0.2) is 6.07 Å². The summed E-state index contributed by atoms with van der Waals surface area (Å²) in [5.41, 5.74) is 0.890. The van der Waals surface area contributed by atoms with Crippen LogP contribution in [0.1, 0.15) is 18.5 Å². The molecule has 0 amide bonds. The van der Waals surface area contributed by atoms with Gasteiger partial charge in [0.1, 0.15) is 5.15 Å². The number of nitrogens with one attached hydrogen (secondary N) is 2. The van der Waals surface area contributed by atoms with E-state index in [-0.39, 0.29) is 0 Å². The van der Waals surface area contributed by atoms with Gasteiger partial charge in [-0.2, -0.15) is 0 Å². The van der Waals surface area contributed by atoms with Gasteiger partial charge in [0.05, 0.1) is 0 Å². The van der Waals surface area contributed by atoms with Crippen molar-refractivity contribution in [2.24, 2.45) is 0 Å². The highest BCUT2D eigenvalue weighted by Gasteiger charge is 2.13. The normalized spacial score (nSPS) is 21.3. The van der Waals surface area contributed by atoms with E-state index >= 15 is 0 Å². The molecule has 1 saturated heterocycles. The molecule has 82 valence electrons. The van der Waals surface area contributed by atoms with Crippen molar-refractivity contribution in [2.45, 2.75) is 25.8 Å². The van der Waals surface area contributed by atoms with E-state index < -0.39 is 0 Å². The number of hydrogen-bond acceptors (Lipinski definition) is 4. The van der Waals surface area contributed by atoms with E-state index in [0.717, 1.165) is 25.2 Å². The average Bonchev–Trinajstić information content (AvgIpc) is 2.17. The summed E-state index contributed by atoms with van der Waals surface area (Å²) in [6.45, 7) is 3.99. The molecule has 4 nitrogen and oxygen atoms in total. The minimum atomic E-state index is 0.414. The van der Waals surface area contributed by atoms with Gasteiger partial charge in [-0.15, -0.1) is 0 Å². The Morgan fingerprint density at radius 2 is 2.40 bits per heavy atom. The Kier molecular flexibility index (Phi) is 3.38. The zero-order valence-corrected chi connectivity index (χ0v) is 9.51. The van der Waals surface area contributed by atoms with Crippen molar-refractivity contribution in [3.05, 3.63) is 16.9 Å². The summed E-state index contributed by atoms with van der Waals surface area (Å²) in [4.78, 5) is 8.44. The summed E-state index contributed by atoms with van der Waals surface area (Å²) in [5, 5.41) is 7.12. The fourth-order valence-corrected chi connectivity index (χ4v) is 1.99. The van der Waals surface area contributed by atoms with Gasteiger partial charge in [0.2, 0.25) is 5.95 Å². The lowest BCUT2D eigenvalue weighted by molar-refractivity contribution is 0.478. The lowest BCUT2D eigenvalue weighted by atomic mass is 10.1. The minimum absolute atomic E-state index is 0.414. The third-order valence-electron chi connectivity index (χ3n) is 2.45. The second-order valence-corrected chi connectivity index (χ2v) is 4.23. The number of rotatable bonds is 2. The Morgan fingerprint density at radius 1 is 1.53 bits per heavy atom. The lowest BCUT2D eigenvalue weighted by Gasteiger charge is -2.23. The highest BCUT2D eigenvalue weighted by atomic mass is 35.5. The maximum absolute atomic E-state index is 5.86. The van der Waals surface area contributed by atoms with Crippen LogP contribution >= 0.6 is 11.6 Å². The molecule has 0 radical (unpaired) electrons. The second-order valence-electron chi connectivity index (χ2n) is 3.84. The number of piperidine rings is 1. The third kappa shape index (κ3) is 3.04. The van der Waals surface area contributed by atoms with Crippen molar-refractivity contribution in [2.75, 3.05) is 18.4 Å². The second kappa shape index (κ2) is 4.77. The molecule has 1 aromatic rings. The lowest BCUT2D eigenvalue weighted by Crippen LogP contribution is -2.38. The van der Waals surface area contributed by atoms with Crippen LogP contribution in [0.2, 0.25) is 5.15 Å². The molecule has 0 aromatic carbocycles. The average molecular weight is 227 g/mol. The molecule has 1 aliphatic heterocycles. The van der Waals surface area contributed by atoms with Crippen molar-refractivity contribution >= 4 is 17.5 Å². The van der Waals surface area contributed by atoms with Crippen LogP contribution in [0.25, 0.3) is 0 Å². The van der Waals surface area contributed by atoms with Crippen molar-refractivity contribution in [3.8, 4) is 0 Å². The van der Waals surface area contributed by atoms with Gasteiger partial charge in [-0.25, -0.2) is 9.97 Å². The summed E-state index contributed by atoms with van der Waals surface area (Å²) in [6, 6.07) is 2.17. The van der Waals surface area contributed by atoms with Gasteiger partial charge < -0.3 is 10.6 Å². The molecule has 1 atom stereocenters. The van der Waals surface area contributed by atoms with Crippen molar-refractivity contribution < 1.29 is 0 Å². The van der Waals surface area contributed by atoms with Gasteiger partial charge in [-0.1, -0.05) is 11.6 Å². The van der Waals surface area contributed by atoms with E-state index in [9.17, 15) is 0 Å². The third-order valence-corrected chi connectivity index (χ3v) is 2.65. The zero-order valence-electron chi connectivity index (χ0n) is 8.76. The Balaban J connectivity index is 2.02. The van der Waals surface area contributed by atoms with Gasteiger partial charge in [0.25, 0.3) is 0 Å². The highest BCUT2D eigenvalue weighted by Crippen LogP contribution is 2.12. The summed E-state index contributed by atoms with van der Waals surface area (Å²) < 4.78 is 0. The molecular weight excluding hydrogens is 212 g/mol. The number of nitrogens with zero attached hydrogens (tertiary/aromatic N) is 2. The van der Waals surface area contributed by atoms with Crippen LogP contribution in [0.4, 0.5) is 5.95 Å². The molecule has 5 heteroatoms. The molecule has 1 aromatic heterocycles. The first-order valence-electron chi connectivity index (χ1n) is 5.22. The Labute approximate surface area is 94.5 Å². The fourth-order valence-electron chi connectivity index (χ4n) is 1.75. The molecule has 15 heavy (non-hydrogen) atoms. The Morgan fingerprint density at radius 3 is 3.07 bits per heavy atom. The number of aryl methyl sites for hydroxylation is 1. The summed E-state index contributed by atoms with van der Waals surface area (Å²) in [5.74, 6) is 0.633. The predicted octanol–water partition coefficient (Wildman–Crippen LogP) is 1.60. The molecule has 0 saturated carbocycles. The molecule has 1 fully saturated rings. The van der Waals surface area contributed by atoms with Crippen LogP contribution in [-0.2, 0) is 0 Å². The summed E-state index contributed by atoms with van der Waals surface area (Å²) in [6.07, 6.45) is 2.35. The van der Waals surface area contributed by atoms with Crippen LogP contribution < -0.4 is 10.6 Å². The molecule has 0 spiro atoms. The molecule has 0 bridgehead atoms. The van der Waals surface area contributed by atoms with E-state index in [4.69, 9.17) is 11.6 Å². The maximum Gasteiger partial charge on any atom is 0.224 e. The smallest absolute Gasteiger partial charge is 0.224 e. The number of hydrogen-bond donors (Lipinski definition) is 2. The van der Waals surface area contributed by atoms with Crippen LogP contribution in [0.3, 0.4) is 0 Å². The standard InChI is InChI=1S/C10H15ClN4/c1-7-5-9(11)15-10(13-7)14-8-3-2-4-12-6-8/h5,8,12H,2-4,6H2,1H3,(H,13,14,15)/t8-/m0/s1. The summed E-state index contributed by atoms with van der Waals surface area (Å²) >= 11 is 5.86. The minimum Gasteiger partial charge on any atom is -0.350 e.